The van der Waals surface area contributed by atoms with Gasteiger partial charge in [-0.2, -0.15) is 0 Å². The van der Waals surface area contributed by atoms with Gasteiger partial charge in [0.1, 0.15) is 30.2 Å². The highest BCUT2D eigenvalue weighted by Crippen LogP contribution is 2.19. The van der Waals surface area contributed by atoms with E-state index in [-0.39, 0.29) is 25.2 Å². The van der Waals surface area contributed by atoms with E-state index in [1.807, 2.05) is 0 Å². The molecule has 5 N–H and O–H groups in total. The second-order valence-corrected chi connectivity index (χ2v) is 4.54. The Morgan fingerprint density at radius 2 is 1.68 bits per heavy atom. The van der Waals surface area contributed by atoms with Crippen LogP contribution < -0.4 is 5.32 Å². The zero-order valence-corrected chi connectivity index (χ0v) is 10.5. The molecule has 1 saturated heterocycles. The van der Waals surface area contributed by atoms with Crippen molar-refractivity contribution < 1.29 is 34.8 Å². The van der Waals surface area contributed by atoms with Crippen LogP contribution >= 0.6 is 0 Å². The Hall–Kier alpha value is -1.06. The van der Waals surface area contributed by atoms with E-state index in [4.69, 9.17) is 4.74 Å². The first-order valence-electron chi connectivity index (χ1n) is 5.96. The largest absolute Gasteiger partial charge is 0.388 e. The number of aliphatic hydroxyl groups excluding tert-OH is 4. The molecule has 0 aromatic carbocycles. The van der Waals surface area contributed by atoms with Crippen LogP contribution in [0.4, 0.5) is 0 Å². The van der Waals surface area contributed by atoms with Crippen molar-refractivity contribution in [3.05, 3.63) is 0 Å². The van der Waals surface area contributed by atoms with Crippen molar-refractivity contribution in [3.8, 4) is 0 Å². The minimum Gasteiger partial charge on any atom is -0.388 e. The molecule has 0 aliphatic carbocycles. The summed E-state index contributed by atoms with van der Waals surface area (Å²) in [5.74, 6) is -0.515. The molecular weight excluding hydrogens is 258 g/mol. The molecule has 110 valence electrons. The van der Waals surface area contributed by atoms with Crippen LogP contribution in [0.5, 0.6) is 0 Å². The van der Waals surface area contributed by atoms with Crippen LogP contribution in [0.1, 0.15) is 19.8 Å². The number of aliphatic hydroxyl groups is 4. The van der Waals surface area contributed by atoms with Crippen molar-refractivity contribution >= 4 is 11.7 Å². The quantitative estimate of drug-likeness (QED) is 0.368. The van der Waals surface area contributed by atoms with Crippen molar-refractivity contribution in [1.29, 1.82) is 0 Å². The van der Waals surface area contributed by atoms with Gasteiger partial charge in [-0.05, 0) is 6.92 Å². The summed E-state index contributed by atoms with van der Waals surface area (Å²) in [6.07, 6.45) is -7.10. The SMILES string of the molecule is CC(=O)CCC(=O)NC[C@@H]1OC(O)[C@@H](O)[C@H](O)[C@@H]1O. The molecule has 0 aromatic heterocycles. The smallest absolute Gasteiger partial charge is 0.220 e. The standard InChI is InChI=1S/C11H19NO7/c1-5(13)2-3-7(14)12-4-6-8(15)9(16)10(17)11(18)19-6/h6,8-11,15-18H,2-4H2,1H3,(H,12,14)/t6-,8+,9+,10-,11?/m0/s1. The molecule has 1 unspecified atom stereocenters. The fourth-order valence-electron chi connectivity index (χ4n) is 1.69. The van der Waals surface area contributed by atoms with E-state index in [2.05, 4.69) is 5.32 Å². The lowest BCUT2D eigenvalue weighted by molar-refractivity contribution is -0.280. The van der Waals surface area contributed by atoms with Crippen molar-refractivity contribution in [2.75, 3.05) is 6.54 Å². The average molecular weight is 277 g/mol. The summed E-state index contributed by atoms with van der Waals surface area (Å²) in [5.41, 5.74) is 0. The zero-order chi connectivity index (χ0) is 14.6. The van der Waals surface area contributed by atoms with Crippen LogP contribution in [0.3, 0.4) is 0 Å². The van der Waals surface area contributed by atoms with Crippen molar-refractivity contribution in [2.45, 2.75) is 50.5 Å². The van der Waals surface area contributed by atoms with Gasteiger partial charge in [-0.1, -0.05) is 0 Å². The molecule has 1 aliphatic heterocycles. The number of hydrogen-bond acceptors (Lipinski definition) is 7. The molecular formula is C11H19NO7. The first kappa shape index (κ1) is 16.0. The summed E-state index contributed by atoms with van der Waals surface area (Å²) >= 11 is 0. The Bertz CT molecular complexity index is 335. The second kappa shape index (κ2) is 6.92. The number of ether oxygens (including phenoxy) is 1. The molecule has 19 heavy (non-hydrogen) atoms. The fourth-order valence-corrected chi connectivity index (χ4v) is 1.69. The van der Waals surface area contributed by atoms with Crippen molar-refractivity contribution in [1.82, 2.24) is 5.32 Å². The molecule has 0 saturated carbocycles. The van der Waals surface area contributed by atoms with E-state index in [1.165, 1.54) is 6.92 Å². The van der Waals surface area contributed by atoms with Crippen LogP contribution in [0.2, 0.25) is 0 Å². The molecule has 8 nitrogen and oxygen atoms in total. The molecule has 0 spiro atoms. The van der Waals surface area contributed by atoms with E-state index >= 15 is 0 Å². The summed E-state index contributed by atoms with van der Waals surface area (Å²) in [6.45, 7) is 1.23. The summed E-state index contributed by atoms with van der Waals surface area (Å²) in [7, 11) is 0. The summed E-state index contributed by atoms with van der Waals surface area (Å²) < 4.78 is 4.87. The molecule has 5 atom stereocenters. The first-order chi connectivity index (χ1) is 8.82. The van der Waals surface area contributed by atoms with Gasteiger partial charge in [-0.25, -0.2) is 0 Å². The van der Waals surface area contributed by atoms with E-state index < -0.39 is 36.6 Å². The second-order valence-electron chi connectivity index (χ2n) is 4.54. The zero-order valence-electron chi connectivity index (χ0n) is 10.5. The number of Topliss-reactive ketones (excluding diaryl/α,β-unsaturated/α-hetero) is 1. The van der Waals surface area contributed by atoms with Crippen LogP contribution in [0, 0.1) is 0 Å². The minimum atomic E-state index is -1.63. The molecule has 1 fully saturated rings. The molecule has 1 aliphatic rings. The van der Waals surface area contributed by atoms with Crippen LogP contribution in [0.15, 0.2) is 0 Å². The predicted octanol–water partition coefficient (Wildman–Crippen LogP) is -2.73. The van der Waals surface area contributed by atoms with Gasteiger partial charge in [0.2, 0.25) is 5.91 Å². The Morgan fingerprint density at radius 3 is 2.26 bits per heavy atom. The van der Waals surface area contributed by atoms with Gasteiger partial charge < -0.3 is 35.3 Å². The highest BCUT2D eigenvalue weighted by atomic mass is 16.6. The number of amides is 1. The van der Waals surface area contributed by atoms with Crippen LogP contribution in [-0.2, 0) is 14.3 Å². The lowest BCUT2D eigenvalue weighted by atomic mass is 9.99. The maximum Gasteiger partial charge on any atom is 0.220 e. The number of nitrogens with one attached hydrogen (secondary N) is 1. The van der Waals surface area contributed by atoms with Crippen molar-refractivity contribution in [2.24, 2.45) is 0 Å². The lowest BCUT2D eigenvalue weighted by Crippen LogP contribution is -2.60. The van der Waals surface area contributed by atoms with E-state index in [0.717, 1.165) is 0 Å². The lowest BCUT2D eigenvalue weighted by Gasteiger charge is -2.38. The third kappa shape index (κ3) is 4.51. The number of carbonyl (C=O) groups excluding carboxylic acids is 2. The molecule has 1 heterocycles. The van der Waals surface area contributed by atoms with E-state index in [1.54, 1.807) is 0 Å². The molecule has 8 heteroatoms. The van der Waals surface area contributed by atoms with E-state index in [9.17, 15) is 30.0 Å². The maximum atomic E-state index is 11.3. The first-order valence-corrected chi connectivity index (χ1v) is 5.96. The highest BCUT2D eigenvalue weighted by Gasteiger charge is 2.42. The number of rotatable bonds is 5. The summed E-state index contributed by atoms with van der Waals surface area (Å²) in [4.78, 5) is 22.0. The summed E-state index contributed by atoms with van der Waals surface area (Å²) in [5, 5.41) is 40.0. The van der Waals surface area contributed by atoms with Gasteiger partial charge in [0, 0.05) is 19.4 Å². The van der Waals surface area contributed by atoms with Crippen molar-refractivity contribution in [3.63, 3.8) is 0 Å². The topological polar surface area (TPSA) is 136 Å². The highest BCUT2D eigenvalue weighted by molar-refractivity contribution is 5.83. The predicted molar refractivity (Wildman–Crippen MR) is 61.8 cm³/mol. The molecule has 1 amide bonds. The number of hydrogen-bond donors (Lipinski definition) is 5. The average Bonchev–Trinajstić information content (AvgIpc) is 2.36. The Morgan fingerprint density at radius 1 is 1.05 bits per heavy atom. The number of carbonyl (C=O) groups is 2. The molecule has 0 radical (unpaired) electrons. The van der Waals surface area contributed by atoms with Gasteiger partial charge in [0.05, 0.1) is 0 Å². The van der Waals surface area contributed by atoms with E-state index in [0.29, 0.717) is 0 Å². The molecule has 0 bridgehead atoms. The van der Waals surface area contributed by atoms with Gasteiger partial charge in [0.25, 0.3) is 0 Å². The monoisotopic (exact) mass is 277 g/mol. The van der Waals surface area contributed by atoms with Gasteiger partial charge in [0.15, 0.2) is 6.29 Å². The third-order valence-corrected chi connectivity index (χ3v) is 2.89. The number of ketones is 1. The fraction of sp³-hybridized carbons (Fsp3) is 0.818. The molecule has 0 aromatic rings. The third-order valence-electron chi connectivity index (χ3n) is 2.89. The van der Waals surface area contributed by atoms with Crippen LogP contribution in [-0.4, -0.2) is 69.4 Å². The van der Waals surface area contributed by atoms with Gasteiger partial charge >= 0.3 is 0 Å². The Labute approximate surface area is 110 Å². The van der Waals surface area contributed by atoms with Crippen LogP contribution in [0.25, 0.3) is 0 Å². The Balaban J connectivity index is 2.40. The molecule has 1 rings (SSSR count). The minimum absolute atomic E-state index is 0.0197. The maximum absolute atomic E-state index is 11.3. The summed E-state index contributed by atoms with van der Waals surface area (Å²) in [6, 6.07) is 0. The normalized spacial score (nSPS) is 34.9. The van der Waals surface area contributed by atoms with Gasteiger partial charge in [-0.3, -0.25) is 4.79 Å². The Kier molecular flexibility index (Phi) is 5.83. The van der Waals surface area contributed by atoms with Gasteiger partial charge in [-0.15, -0.1) is 0 Å².